The summed E-state index contributed by atoms with van der Waals surface area (Å²) in [5.41, 5.74) is 2.57. The molecule has 2 aromatic rings. The Morgan fingerprint density at radius 2 is 1.67 bits per heavy atom. The quantitative estimate of drug-likeness (QED) is 0.663. The molecule has 0 radical (unpaired) electrons. The van der Waals surface area contributed by atoms with Gasteiger partial charge in [0.2, 0.25) is 11.8 Å². The number of hydrogen-bond acceptors (Lipinski definition) is 4. The average molecular weight is 420 g/mol. The van der Waals surface area contributed by atoms with E-state index in [0.717, 1.165) is 15.6 Å². The smallest absolute Gasteiger partial charge is 0.240 e. The van der Waals surface area contributed by atoms with Gasteiger partial charge in [-0.05, 0) is 41.5 Å². The molecule has 0 unspecified atom stereocenters. The van der Waals surface area contributed by atoms with Crippen molar-refractivity contribution in [2.45, 2.75) is 12.1 Å². The van der Waals surface area contributed by atoms with Crippen LogP contribution in [0.4, 0.5) is 5.69 Å². The highest BCUT2D eigenvalue weighted by molar-refractivity contribution is 9.10. The molecule has 0 saturated carbocycles. The SMILES string of the molecule is N#C[C@@H]1[C@@H]2C(=O)N(c3ccc(Br)cc3)C(=O)[C@@H]2[C@@H]2c3ccccc3C=CN12. The second kappa shape index (κ2) is 5.80. The van der Waals surface area contributed by atoms with Crippen LogP contribution >= 0.6 is 15.9 Å². The Morgan fingerprint density at radius 3 is 2.41 bits per heavy atom. The van der Waals surface area contributed by atoms with Crippen LogP contribution in [0.5, 0.6) is 0 Å². The van der Waals surface area contributed by atoms with Gasteiger partial charge in [0.15, 0.2) is 0 Å². The Balaban J connectivity index is 1.63. The lowest BCUT2D eigenvalue weighted by Gasteiger charge is -2.33. The molecule has 0 aliphatic carbocycles. The molecule has 2 amide bonds. The van der Waals surface area contributed by atoms with Crippen LogP contribution in [0.2, 0.25) is 0 Å². The lowest BCUT2D eigenvalue weighted by atomic mass is 9.85. The van der Waals surface area contributed by atoms with Crippen molar-refractivity contribution in [1.29, 1.82) is 5.26 Å². The van der Waals surface area contributed by atoms with E-state index in [-0.39, 0.29) is 17.9 Å². The molecule has 5 nitrogen and oxygen atoms in total. The summed E-state index contributed by atoms with van der Waals surface area (Å²) >= 11 is 3.37. The molecule has 2 fully saturated rings. The fraction of sp³-hybridized carbons (Fsp3) is 0.190. The average Bonchev–Trinajstić information content (AvgIpc) is 3.15. The van der Waals surface area contributed by atoms with Crippen LogP contribution in [-0.4, -0.2) is 22.8 Å². The minimum absolute atomic E-state index is 0.231. The number of carbonyl (C=O) groups is 2. The minimum Gasteiger partial charge on any atom is -0.353 e. The topological polar surface area (TPSA) is 64.4 Å². The van der Waals surface area contributed by atoms with Crippen molar-refractivity contribution in [2.75, 3.05) is 4.90 Å². The number of carbonyl (C=O) groups excluding carboxylic acids is 2. The van der Waals surface area contributed by atoms with Gasteiger partial charge in [-0.25, -0.2) is 4.90 Å². The molecule has 0 bridgehead atoms. The molecule has 3 aliphatic heterocycles. The molecule has 0 N–H and O–H groups in total. The van der Waals surface area contributed by atoms with Crippen molar-refractivity contribution >= 4 is 39.5 Å². The van der Waals surface area contributed by atoms with Gasteiger partial charge in [-0.1, -0.05) is 40.2 Å². The largest absolute Gasteiger partial charge is 0.353 e. The van der Waals surface area contributed by atoms with Gasteiger partial charge in [0.25, 0.3) is 0 Å². The maximum Gasteiger partial charge on any atom is 0.240 e. The van der Waals surface area contributed by atoms with Gasteiger partial charge >= 0.3 is 0 Å². The second-order valence-electron chi connectivity index (χ2n) is 6.95. The van der Waals surface area contributed by atoms with Crippen molar-refractivity contribution in [2.24, 2.45) is 11.8 Å². The number of imide groups is 1. The highest BCUT2D eigenvalue weighted by Gasteiger charge is 2.63. The van der Waals surface area contributed by atoms with Crippen molar-refractivity contribution in [3.8, 4) is 6.07 Å². The Morgan fingerprint density at radius 1 is 0.963 bits per heavy atom. The fourth-order valence-electron chi connectivity index (χ4n) is 4.55. The van der Waals surface area contributed by atoms with Gasteiger partial charge in [0, 0.05) is 10.7 Å². The van der Waals surface area contributed by atoms with Crippen LogP contribution < -0.4 is 4.90 Å². The molecule has 132 valence electrons. The number of amides is 2. The predicted octanol–water partition coefficient (Wildman–Crippen LogP) is 3.49. The maximum atomic E-state index is 13.3. The third-order valence-corrected chi connectivity index (χ3v) is 6.21. The molecule has 2 aromatic carbocycles. The Hall–Kier alpha value is -2.91. The van der Waals surface area contributed by atoms with Crippen LogP contribution in [0.15, 0.2) is 59.2 Å². The normalized spacial score (nSPS) is 28.0. The van der Waals surface area contributed by atoms with E-state index in [9.17, 15) is 14.9 Å². The zero-order valence-corrected chi connectivity index (χ0v) is 15.7. The maximum absolute atomic E-state index is 13.3. The molecule has 2 saturated heterocycles. The van der Waals surface area contributed by atoms with Crippen molar-refractivity contribution in [3.05, 3.63) is 70.3 Å². The van der Waals surface area contributed by atoms with Crippen LogP contribution in [-0.2, 0) is 9.59 Å². The first-order valence-corrected chi connectivity index (χ1v) is 9.48. The third kappa shape index (κ3) is 2.15. The third-order valence-electron chi connectivity index (χ3n) is 5.68. The van der Waals surface area contributed by atoms with Crippen molar-refractivity contribution in [3.63, 3.8) is 0 Å². The van der Waals surface area contributed by atoms with Crippen LogP contribution in [0.3, 0.4) is 0 Å². The molecular weight excluding hydrogens is 406 g/mol. The lowest BCUT2D eigenvalue weighted by molar-refractivity contribution is -0.123. The number of benzene rings is 2. The van der Waals surface area contributed by atoms with E-state index in [1.807, 2.05) is 41.4 Å². The first kappa shape index (κ1) is 16.3. The molecule has 4 atom stereocenters. The zero-order chi connectivity index (χ0) is 18.7. The number of hydrogen-bond donors (Lipinski definition) is 0. The van der Waals surface area contributed by atoms with Gasteiger partial charge in [-0.2, -0.15) is 5.26 Å². The van der Waals surface area contributed by atoms with Crippen molar-refractivity contribution in [1.82, 2.24) is 4.90 Å². The Labute approximate surface area is 164 Å². The summed E-state index contributed by atoms with van der Waals surface area (Å²) < 4.78 is 0.873. The van der Waals surface area contributed by atoms with Crippen molar-refractivity contribution < 1.29 is 9.59 Å². The second-order valence-corrected chi connectivity index (χ2v) is 7.87. The monoisotopic (exact) mass is 419 g/mol. The van der Waals surface area contributed by atoms with E-state index >= 15 is 0 Å². The van der Waals surface area contributed by atoms with Gasteiger partial charge in [0.05, 0.1) is 29.6 Å². The van der Waals surface area contributed by atoms with Crippen LogP contribution in [0, 0.1) is 23.2 Å². The summed E-state index contributed by atoms with van der Waals surface area (Å²) in [5, 5.41) is 9.78. The summed E-state index contributed by atoms with van der Waals surface area (Å²) in [6.45, 7) is 0. The molecule has 5 rings (SSSR count). The molecular formula is C21H14BrN3O2. The van der Waals surface area contributed by atoms with Crippen LogP contribution in [0.25, 0.3) is 6.08 Å². The number of halogens is 1. The van der Waals surface area contributed by atoms with Gasteiger partial charge in [-0.15, -0.1) is 0 Å². The lowest BCUT2D eigenvalue weighted by Crippen LogP contribution is -2.40. The van der Waals surface area contributed by atoms with Crippen LogP contribution in [0.1, 0.15) is 17.2 Å². The highest BCUT2D eigenvalue weighted by Crippen LogP contribution is 2.52. The first-order valence-electron chi connectivity index (χ1n) is 8.69. The van der Waals surface area contributed by atoms with E-state index in [1.54, 1.807) is 24.3 Å². The first-order chi connectivity index (χ1) is 13.1. The molecule has 27 heavy (non-hydrogen) atoms. The van der Waals surface area contributed by atoms with Gasteiger partial charge < -0.3 is 4.90 Å². The number of rotatable bonds is 1. The standard InChI is InChI=1S/C21H14BrN3O2/c22-13-5-7-14(8-6-13)25-20(26)17-16(11-23)24-10-9-12-3-1-2-4-15(12)19(24)18(17)21(25)27/h1-10,16-19H/t16-,17+,18+,19+/m1/s1. The summed E-state index contributed by atoms with van der Waals surface area (Å²) in [7, 11) is 0. The summed E-state index contributed by atoms with van der Waals surface area (Å²) in [4.78, 5) is 29.7. The van der Waals surface area contributed by atoms with E-state index in [2.05, 4.69) is 22.0 Å². The van der Waals surface area contributed by atoms with E-state index < -0.39 is 17.9 Å². The Kier molecular flexibility index (Phi) is 3.49. The fourth-order valence-corrected chi connectivity index (χ4v) is 4.81. The summed E-state index contributed by atoms with van der Waals surface area (Å²) in [6.07, 6.45) is 3.79. The molecule has 0 aromatic heterocycles. The van der Waals surface area contributed by atoms with E-state index in [4.69, 9.17) is 0 Å². The molecule has 3 heterocycles. The number of fused-ring (bicyclic) bond motifs is 5. The zero-order valence-electron chi connectivity index (χ0n) is 14.1. The van der Waals surface area contributed by atoms with Gasteiger partial charge in [-0.3, -0.25) is 9.59 Å². The number of nitrogens with zero attached hydrogens (tertiary/aromatic N) is 3. The molecule has 3 aliphatic rings. The Bertz CT molecular complexity index is 1040. The predicted molar refractivity (Wildman–Crippen MR) is 103 cm³/mol. The van der Waals surface area contributed by atoms with E-state index in [1.165, 1.54) is 4.90 Å². The molecule has 6 heteroatoms. The molecule has 0 spiro atoms. The highest BCUT2D eigenvalue weighted by atomic mass is 79.9. The van der Waals surface area contributed by atoms with E-state index in [0.29, 0.717) is 5.69 Å². The summed E-state index contributed by atoms with van der Waals surface area (Å²) in [6, 6.07) is 16.3. The van der Waals surface area contributed by atoms with Gasteiger partial charge in [0.1, 0.15) is 6.04 Å². The summed E-state index contributed by atoms with van der Waals surface area (Å²) in [5.74, 6) is -1.74. The minimum atomic E-state index is -0.660. The number of nitriles is 1. The number of anilines is 1.